The summed E-state index contributed by atoms with van der Waals surface area (Å²) in [6.45, 7) is 5.43. The predicted octanol–water partition coefficient (Wildman–Crippen LogP) is 0.696. The minimum absolute atomic E-state index is 0.146. The lowest BCUT2D eigenvalue weighted by Gasteiger charge is -2.04. The lowest BCUT2D eigenvalue weighted by Crippen LogP contribution is -2.11. The summed E-state index contributed by atoms with van der Waals surface area (Å²) in [5, 5.41) is 17.2. The molecule has 54 valence electrons. The number of aliphatic hydroxyl groups is 2. The van der Waals surface area contributed by atoms with E-state index in [4.69, 9.17) is 10.2 Å². The molecule has 2 heteroatoms. The third kappa shape index (κ3) is 5.53. The second-order valence-corrected chi connectivity index (χ2v) is 2.33. The van der Waals surface area contributed by atoms with Crippen molar-refractivity contribution in [1.82, 2.24) is 0 Å². The van der Waals surface area contributed by atoms with E-state index in [-0.39, 0.29) is 6.61 Å². The van der Waals surface area contributed by atoms with Gasteiger partial charge in [-0.05, 0) is 19.8 Å². The van der Waals surface area contributed by atoms with Crippen LogP contribution < -0.4 is 0 Å². The Morgan fingerprint density at radius 2 is 2.22 bits per heavy atom. The predicted molar refractivity (Wildman–Crippen MR) is 37.1 cm³/mol. The van der Waals surface area contributed by atoms with E-state index in [1.54, 1.807) is 0 Å². The smallest absolute Gasteiger partial charge is 0.0774 e. The van der Waals surface area contributed by atoms with Crippen molar-refractivity contribution in [2.45, 2.75) is 25.9 Å². The molecule has 0 aromatic heterocycles. The highest BCUT2D eigenvalue weighted by molar-refractivity contribution is 4.87. The first kappa shape index (κ1) is 8.66. The van der Waals surface area contributed by atoms with Crippen LogP contribution >= 0.6 is 0 Å². The Hall–Kier alpha value is -0.340. The van der Waals surface area contributed by atoms with Gasteiger partial charge in [0.05, 0.1) is 12.7 Å². The second-order valence-electron chi connectivity index (χ2n) is 2.33. The molecule has 0 unspecified atom stereocenters. The van der Waals surface area contributed by atoms with E-state index >= 15 is 0 Å². The molecule has 9 heavy (non-hydrogen) atoms. The van der Waals surface area contributed by atoms with Crippen LogP contribution in [0.2, 0.25) is 0 Å². The van der Waals surface area contributed by atoms with E-state index < -0.39 is 6.10 Å². The zero-order chi connectivity index (χ0) is 7.28. The molecule has 0 rings (SSSR count). The van der Waals surface area contributed by atoms with Gasteiger partial charge in [0, 0.05) is 0 Å². The second kappa shape index (κ2) is 4.53. The fourth-order valence-corrected chi connectivity index (χ4v) is 0.504. The van der Waals surface area contributed by atoms with Crippen molar-refractivity contribution in [3.8, 4) is 0 Å². The fourth-order valence-electron chi connectivity index (χ4n) is 0.504. The molecule has 0 aromatic carbocycles. The van der Waals surface area contributed by atoms with Crippen molar-refractivity contribution >= 4 is 0 Å². The molecule has 0 saturated carbocycles. The Balaban J connectivity index is 3.16. The summed E-state index contributed by atoms with van der Waals surface area (Å²) in [4.78, 5) is 0. The SMILES string of the molecule is C=C(C)CC[C@@H](O)CO. The van der Waals surface area contributed by atoms with Gasteiger partial charge in [-0.25, -0.2) is 0 Å². The molecule has 0 fully saturated rings. The maximum Gasteiger partial charge on any atom is 0.0774 e. The molecule has 0 spiro atoms. The molecular formula is C7H14O2. The molecule has 0 bridgehead atoms. The summed E-state index contributed by atoms with van der Waals surface area (Å²) in [6.07, 6.45) is 0.842. The number of hydrogen-bond donors (Lipinski definition) is 2. The van der Waals surface area contributed by atoms with Crippen LogP contribution in [0.5, 0.6) is 0 Å². The molecule has 0 amide bonds. The van der Waals surface area contributed by atoms with Gasteiger partial charge >= 0.3 is 0 Å². The largest absolute Gasteiger partial charge is 0.394 e. The highest BCUT2D eigenvalue weighted by Crippen LogP contribution is 2.03. The Labute approximate surface area is 55.8 Å². The van der Waals surface area contributed by atoms with E-state index in [0.29, 0.717) is 6.42 Å². The molecule has 0 aliphatic carbocycles. The molecule has 0 aromatic rings. The van der Waals surface area contributed by atoms with Gasteiger partial charge in [0.2, 0.25) is 0 Å². The first-order valence-electron chi connectivity index (χ1n) is 3.10. The monoisotopic (exact) mass is 130 g/mol. The zero-order valence-corrected chi connectivity index (χ0v) is 5.80. The number of allylic oxidation sites excluding steroid dienone is 1. The Morgan fingerprint density at radius 3 is 2.56 bits per heavy atom. The quantitative estimate of drug-likeness (QED) is 0.550. The zero-order valence-electron chi connectivity index (χ0n) is 5.80. The van der Waals surface area contributed by atoms with Gasteiger partial charge in [-0.15, -0.1) is 6.58 Å². The topological polar surface area (TPSA) is 40.5 Å². The van der Waals surface area contributed by atoms with E-state index in [0.717, 1.165) is 12.0 Å². The summed E-state index contributed by atoms with van der Waals surface area (Å²) in [5.41, 5.74) is 1.04. The average Bonchev–Trinajstić information content (AvgIpc) is 1.83. The van der Waals surface area contributed by atoms with Gasteiger partial charge in [-0.1, -0.05) is 5.57 Å². The van der Waals surface area contributed by atoms with E-state index in [9.17, 15) is 0 Å². The van der Waals surface area contributed by atoms with Crippen molar-refractivity contribution in [2.75, 3.05) is 6.61 Å². The van der Waals surface area contributed by atoms with Crippen molar-refractivity contribution in [1.29, 1.82) is 0 Å². The maximum absolute atomic E-state index is 8.82. The van der Waals surface area contributed by atoms with Crippen LogP contribution in [0.3, 0.4) is 0 Å². The third-order valence-corrected chi connectivity index (χ3v) is 1.12. The van der Waals surface area contributed by atoms with Crippen molar-refractivity contribution in [3.05, 3.63) is 12.2 Å². The van der Waals surface area contributed by atoms with Gasteiger partial charge in [0.1, 0.15) is 0 Å². The summed E-state index contributed by atoms with van der Waals surface area (Å²) in [7, 11) is 0. The normalized spacial score (nSPS) is 13.2. The minimum Gasteiger partial charge on any atom is -0.394 e. The molecule has 2 N–H and O–H groups in total. The van der Waals surface area contributed by atoms with Crippen molar-refractivity contribution in [3.63, 3.8) is 0 Å². The first-order chi connectivity index (χ1) is 4.16. The maximum atomic E-state index is 8.82. The van der Waals surface area contributed by atoms with Gasteiger partial charge in [0.25, 0.3) is 0 Å². The fraction of sp³-hybridized carbons (Fsp3) is 0.714. The van der Waals surface area contributed by atoms with Gasteiger partial charge in [0.15, 0.2) is 0 Å². The van der Waals surface area contributed by atoms with Crippen LogP contribution in [0.15, 0.2) is 12.2 Å². The van der Waals surface area contributed by atoms with Crippen LogP contribution in [-0.4, -0.2) is 22.9 Å². The Bertz CT molecular complexity index is 88.9. The summed E-state index contributed by atoms with van der Waals surface area (Å²) < 4.78 is 0. The van der Waals surface area contributed by atoms with Crippen molar-refractivity contribution in [2.24, 2.45) is 0 Å². The Kier molecular flexibility index (Phi) is 4.36. The van der Waals surface area contributed by atoms with Crippen LogP contribution in [0.4, 0.5) is 0 Å². The molecule has 2 nitrogen and oxygen atoms in total. The molecule has 0 aliphatic heterocycles. The number of hydrogen-bond acceptors (Lipinski definition) is 2. The molecule has 0 heterocycles. The average molecular weight is 130 g/mol. The van der Waals surface area contributed by atoms with Crippen molar-refractivity contribution < 1.29 is 10.2 Å². The number of aliphatic hydroxyl groups excluding tert-OH is 2. The molecule has 0 saturated heterocycles. The standard InChI is InChI=1S/C7H14O2/c1-6(2)3-4-7(9)5-8/h7-9H,1,3-5H2,2H3/t7-/m1/s1. The highest BCUT2D eigenvalue weighted by Gasteiger charge is 1.99. The number of rotatable bonds is 4. The lowest BCUT2D eigenvalue weighted by molar-refractivity contribution is 0.0886. The van der Waals surface area contributed by atoms with Gasteiger partial charge in [-0.2, -0.15) is 0 Å². The first-order valence-corrected chi connectivity index (χ1v) is 3.10. The Morgan fingerprint density at radius 1 is 1.67 bits per heavy atom. The van der Waals surface area contributed by atoms with Gasteiger partial charge in [-0.3, -0.25) is 0 Å². The van der Waals surface area contributed by atoms with E-state index in [2.05, 4.69) is 6.58 Å². The van der Waals surface area contributed by atoms with Crippen LogP contribution in [0, 0.1) is 0 Å². The third-order valence-electron chi connectivity index (χ3n) is 1.12. The van der Waals surface area contributed by atoms with Crippen LogP contribution in [-0.2, 0) is 0 Å². The molecular weight excluding hydrogens is 116 g/mol. The highest BCUT2D eigenvalue weighted by atomic mass is 16.3. The lowest BCUT2D eigenvalue weighted by atomic mass is 10.1. The molecule has 0 radical (unpaired) electrons. The van der Waals surface area contributed by atoms with Crippen LogP contribution in [0.25, 0.3) is 0 Å². The molecule has 1 atom stereocenters. The summed E-state index contributed by atoms with van der Waals surface area (Å²) >= 11 is 0. The van der Waals surface area contributed by atoms with Gasteiger partial charge < -0.3 is 10.2 Å². The van der Waals surface area contributed by atoms with Crippen LogP contribution in [0.1, 0.15) is 19.8 Å². The van der Waals surface area contributed by atoms with E-state index in [1.807, 2.05) is 6.92 Å². The molecule has 0 aliphatic rings. The minimum atomic E-state index is -0.568. The summed E-state index contributed by atoms with van der Waals surface area (Å²) in [5.74, 6) is 0. The summed E-state index contributed by atoms with van der Waals surface area (Å²) in [6, 6.07) is 0. The van der Waals surface area contributed by atoms with E-state index in [1.165, 1.54) is 0 Å².